The van der Waals surface area contributed by atoms with Gasteiger partial charge in [0.05, 0.1) is 0 Å². The van der Waals surface area contributed by atoms with Gasteiger partial charge in [-0.15, -0.1) is 10.2 Å². The largest absolute Gasteiger partial charge is 0.481 e. The fraction of sp³-hybridized carbons (Fsp3) is 0.0870. The highest BCUT2D eigenvalue weighted by Gasteiger charge is 2.17. The molecule has 0 aliphatic carbocycles. The topological polar surface area (TPSA) is 65.2 Å². The highest BCUT2D eigenvalue weighted by Crippen LogP contribution is 2.25. The van der Waals surface area contributed by atoms with E-state index in [1.54, 1.807) is 48.5 Å². The summed E-state index contributed by atoms with van der Waals surface area (Å²) in [5.41, 5.74) is 2.00. The van der Waals surface area contributed by atoms with Crippen molar-refractivity contribution in [2.45, 2.75) is 13.0 Å². The van der Waals surface area contributed by atoms with Gasteiger partial charge in [0.25, 0.3) is 5.89 Å². The Bertz CT molecular complexity index is 1110. The monoisotopic (exact) mass is 404 g/mol. The van der Waals surface area contributed by atoms with E-state index < -0.39 is 6.10 Å². The van der Waals surface area contributed by atoms with Crippen molar-refractivity contribution in [3.8, 4) is 17.2 Å². The number of hydrogen-bond donors (Lipinski definition) is 0. The molecule has 0 radical (unpaired) electrons. The van der Waals surface area contributed by atoms with Crippen LogP contribution in [0.3, 0.4) is 0 Å². The minimum Gasteiger partial charge on any atom is -0.481 e. The van der Waals surface area contributed by atoms with Crippen molar-refractivity contribution in [2.24, 2.45) is 0 Å². The molecule has 1 atom stereocenters. The van der Waals surface area contributed by atoms with Gasteiger partial charge in [-0.2, -0.15) is 0 Å². The average Bonchev–Trinajstić information content (AvgIpc) is 3.26. The summed E-state index contributed by atoms with van der Waals surface area (Å²) in [4.78, 5) is 12.5. The highest BCUT2D eigenvalue weighted by atomic mass is 35.5. The maximum Gasteiger partial charge on any atom is 0.257 e. The quantitative estimate of drug-likeness (QED) is 0.382. The van der Waals surface area contributed by atoms with E-state index in [0.717, 1.165) is 5.56 Å². The summed E-state index contributed by atoms with van der Waals surface area (Å²) in [5, 5.41) is 8.74. The van der Waals surface area contributed by atoms with E-state index in [4.69, 9.17) is 20.8 Å². The maximum absolute atomic E-state index is 12.5. The van der Waals surface area contributed by atoms with E-state index in [1.165, 1.54) is 0 Å². The predicted molar refractivity (Wildman–Crippen MR) is 110 cm³/mol. The minimum atomic E-state index is -0.433. The molecule has 144 valence electrons. The number of halogens is 1. The first-order chi connectivity index (χ1) is 14.1. The van der Waals surface area contributed by atoms with Gasteiger partial charge in [-0.3, -0.25) is 4.79 Å². The van der Waals surface area contributed by atoms with Crippen molar-refractivity contribution < 1.29 is 13.9 Å². The summed E-state index contributed by atoms with van der Waals surface area (Å²) < 4.78 is 11.6. The zero-order chi connectivity index (χ0) is 20.2. The lowest BCUT2D eigenvalue weighted by atomic mass is 10.0. The van der Waals surface area contributed by atoms with Crippen molar-refractivity contribution >= 4 is 17.4 Å². The first-order valence-electron chi connectivity index (χ1n) is 9.06. The molecule has 0 saturated carbocycles. The number of rotatable bonds is 6. The Hall–Kier alpha value is -3.44. The summed E-state index contributed by atoms with van der Waals surface area (Å²) in [7, 11) is 0. The second-order valence-corrected chi connectivity index (χ2v) is 6.87. The molecule has 0 saturated heterocycles. The molecular weight excluding hydrogens is 388 g/mol. The average molecular weight is 405 g/mol. The van der Waals surface area contributed by atoms with Crippen molar-refractivity contribution in [1.82, 2.24) is 10.2 Å². The lowest BCUT2D eigenvalue weighted by Gasteiger charge is -2.11. The zero-order valence-electron chi connectivity index (χ0n) is 15.6. The van der Waals surface area contributed by atoms with E-state index in [1.807, 2.05) is 37.3 Å². The molecule has 0 bridgehead atoms. The molecule has 29 heavy (non-hydrogen) atoms. The summed E-state index contributed by atoms with van der Waals surface area (Å²) in [6, 6.07) is 23.3. The lowest BCUT2D eigenvalue weighted by Crippen LogP contribution is -2.04. The molecule has 1 heterocycles. The van der Waals surface area contributed by atoms with Crippen LogP contribution in [-0.2, 0) is 0 Å². The number of nitrogens with zero attached hydrogens (tertiary/aromatic N) is 2. The van der Waals surface area contributed by atoms with Gasteiger partial charge in [-0.25, -0.2) is 0 Å². The van der Waals surface area contributed by atoms with Gasteiger partial charge in [0, 0.05) is 21.7 Å². The van der Waals surface area contributed by atoms with Crippen LogP contribution in [0.4, 0.5) is 0 Å². The molecule has 6 heteroatoms. The molecule has 5 nitrogen and oxygen atoms in total. The molecule has 0 amide bonds. The fourth-order valence-electron chi connectivity index (χ4n) is 2.80. The fourth-order valence-corrected chi connectivity index (χ4v) is 2.93. The van der Waals surface area contributed by atoms with Crippen LogP contribution in [-0.4, -0.2) is 16.0 Å². The van der Waals surface area contributed by atoms with Crippen LogP contribution in [0.5, 0.6) is 5.75 Å². The normalized spacial score (nSPS) is 11.8. The Morgan fingerprint density at radius 1 is 0.897 bits per heavy atom. The standard InChI is InChI=1S/C23H17ClN2O3/c1-15(22-25-26-23(29-22)18-5-3-2-4-6-18)28-20-13-9-17(10-14-20)21(27)16-7-11-19(24)12-8-16/h2-15H,1H3. The van der Waals surface area contributed by atoms with Gasteiger partial charge < -0.3 is 9.15 Å². The maximum atomic E-state index is 12.5. The molecule has 4 rings (SSSR count). The van der Waals surface area contributed by atoms with Crippen molar-refractivity contribution in [2.75, 3.05) is 0 Å². The van der Waals surface area contributed by atoms with Crippen molar-refractivity contribution in [1.29, 1.82) is 0 Å². The molecule has 1 aromatic heterocycles. The molecule has 1 unspecified atom stereocenters. The van der Waals surface area contributed by atoms with Crippen LogP contribution >= 0.6 is 11.6 Å². The first kappa shape index (κ1) is 18.9. The van der Waals surface area contributed by atoms with Crippen molar-refractivity contribution in [3.05, 3.63) is 101 Å². The van der Waals surface area contributed by atoms with Crippen LogP contribution in [0.15, 0.2) is 83.3 Å². The zero-order valence-corrected chi connectivity index (χ0v) is 16.3. The van der Waals surface area contributed by atoms with Crippen LogP contribution in [0.1, 0.15) is 34.8 Å². The molecule has 0 aliphatic heterocycles. The van der Waals surface area contributed by atoms with E-state index in [2.05, 4.69) is 10.2 Å². The summed E-state index contributed by atoms with van der Waals surface area (Å²) in [6.07, 6.45) is -0.433. The number of hydrogen-bond acceptors (Lipinski definition) is 5. The molecule has 0 spiro atoms. The van der Waals surface area contributed by atoms with Crippen molar-refractivity contribution in [3.63, 3.8) is 0 Å². The van der Waals surface area contributed by atoms with E-state index >= 15 is 0 Å². The third-order valence-corrected chi connectivity index (χ3v) is 4.60. The van der Waals surface area contributed by atoms with Gasteiger partial charge >= 0.3 is 0 Å². The van der Waals surface area contributed by atoms with Gasteiger partial charge in [0.2, 0.25) is 5.89 Å². The SMILES string of the molecule is CC(Oc1ccc(C(=O)c2ccc(Cl)cc2)cc1)c1nnc(-c2ccccc2)o1. The minimum absolute atomic E-state index is 0.0781. The Labute approximate surface area is 172 Å². The van der Waals surface area contributed by atoms with Crippen LogP contribution in [0.2, 0.25) is 5.02 Å². The number of carbonyl (C=O) groups is 1. The highest BCUT2D eigenvalue weighted by molar-refractivity contribution is 6.30. The summed E-state index contributed by atoms with van der Waals surface area (Å²) >= 11 is 5.87. The summed E-state index contributed by atoms with van der Waals surface area (Å²) in [6.45, 7) is 1.83. The lowest BCUT2D eigenvalue weighted by molar-refractivity contribution is 0.103. The third kappa shape index (κ3) is 4.36. The van der Waals surface area contributed by atoms with E-state index in [0.29, 0.717) is 33.7 Å². The number of ether oxygens (including phenoxy) is 1. The third-order valence-electron chi connectivity index (χ3n) is 4.34. The van der Waals surface area contributed by atoms with Gasteiger partial charge in [0.15, 0.2) is 11.9 Å². The van der Waals surface area contributed by atoms with Gasteiger partial charge in [0.1, 0.15) is 5.75 Å². The van der Waals surface area contributed by atoms with E-state index in [9.17, 15) is 4.79 Å². The van der Waals surface area contributed by atoms with Crippen LogP contribution in [0, 0.1) is 0 Å². The van der Waals surface area contributed by atoms with Crippen LogP contribution in [0.25, 0.3) is 11.5 Å². The first-order valence-corrected chi connectivity index (χ1v) is 9.44. The predicted octanol–water partition coefficient (Wildman–Crippen LogP) is 5.76. The molecule has 0 N–H and O–H groups in total. The summed E-state index contributed by atoms with van der Waals surface area (Å²) in [5.74, 6) is 1.35. The second kappa shape index (κ2) is 8.29. The van der Waals surface area contributed by atoms with Gasteiger partial charge in [-0.05, 0) is 67.6 Å². The number of benzene rings is 3. The molecular formula is C23H17ClN2O3. The van der Waals surface area contributed by atoms with Crippen LogP contribution < -0.4 is 4.74 Å². The smallest absolute Gasteiger partial charge is 0.257 e. The second-order valence-electron chi connectivity index (χ2n) is 6.43. The molecule has 0 aliphatic rings. The number of aromatic nitrogens is 2. The van der Waals surface area contributed by atoms with Gasteiger partial charge in [-0.1, -0.05) is 29.8 Å². The molecule has 3 aromatic carbocycles. The Morgan fingerprint density at radius 3 is 2.17 bits per heavy atom. The number of ketones is 1. The van der Waals surface area contributed by atoms with E-state index in [-0.39, 0.29) is 5.78 Å². The number of carbonyl (C=O) groups excluding carboxylic acids is 1. The Morgan fingerprint density at radius 2 is 1.52 bits per heavy atom. The molecule has 4 aromatic rings. The Kier molecular flexibility index (Phi) is 5.40. The Balaban J connectivity index is 1.44. The molecule has 0 fully saturated rings.